The van der Waals surface area contributed by atoms with Gasteiger partial charge in [-0.2, -0.15) is 0 Å². The number of amidine groups is 1. The number of rotatable bonds is 8. The molecule has 180 valence electrons. The summed E-state index contributed by atoms with van der Waals surface area (Å²) < 4.78 is 16.7. The highest BCUT2D eigenvalue weighted by atomic mass is 35.5. The Kier molecular flexibility index (Phi) is 8.00. The second-order valence-electron chi connectivity index (χ2n) is 7.58. The van der Waals surface area contributed by atoms with Gasteiger partial charge in [0.15, 0.2) is 16.7 Å². The quantitative estimate of drug-likeness (QED) is 0.322. The monoisotopic (exact) mass is 508 g/mol. The Bertz CT molecular complexity index is 1260. The average molecular weight is 509 g/mol. The van der Waals surface area contributed by atoms with Gasteiger partial charge in [-0.3, -0.25) is 9.69 Å². The highest BCUT2D eigenvalue weighted by Gasteiger charge is 2.32. The molecule has 1 amide bonds. The van der Waals surface area contributed by atoms with E-state index >= 15 is 0 Å². The third-order valence-electron chi connectivity index (χ3n) is 5.29. The molecule has 6 nitrogen and oxygen atoms in total. The van der Waals surface area contributed by atoms with Crippen molar-refractivity contribution in [3.05, 3.63) is 87.8 Å². The van der Waals surface area contributed by atoms with Crippen LogP contribution in [0.1, 0.15) is 18.1 Å². The number of amides is 1. The van der Waals surface area contributed by atoms with E-state index in [4.69, 9.17) is 25.8 Å². The topological polar surface area (TPSA) is 60.4 Å². The average Bonchev–Trinajstić information content (AvgIpc) is 3.17. The summed E-state index contributed by atoms with van der Waals surface area (Å²) in [6.07, 6.45) is 1.84. The lowest BCUT2D eigenvalue weighted by Crippen LogP contribution is -2.28. The molecule has 1 fully saturated rings. The summed E-state index contributed by atoms with van der Waals surface area (Å²) >= 11 is 7.30. The second-order valence-corrected chi connectivity index (χ2v) is 9.02. The van der Waals surface area contributed by atoms with E-state index in [0.717, 1.165) is 22.6 Å². The minimum absolute atomic E-state index is 0.0770. The number of thioether (sulfide) groups is 1. The summed E-state index contributed by atoms with van der Waals surface area (Å²) in [5, 5.41) is 1.32. The van der Waals surface area contributed by atoms with Crippen molar-refractivity contribution in [2.45, 2.75) is 13.5 Å². The lowest BCUT2D eigenvalue weighted by Gasteiger charge is -2.12. The second kappa shape index (κ2) is 11.3. The summed E-state index contributed by atoms with van der Waals surface area (Å²) in [4.78, 5) is 19.9. The normalized spacial score (nSPS) is 15.7. The molecule has 3 aromatic carbocycles. The summed E-state index contributed by atoms with van der Waals surface area (Å²) in [7, 11) is 3.21. The maximum atomic E-state index is 13.0. The van der Waals surface area contributed by atoms with Crippen LogP contribution in [0, 0.1) is 0 Å². The van der Waals surface area contributed by atoms with Crippen molar-refractivity contribution in [2.24, 2.45) is 4.99 Å². The fourth-order valence-electron chi connectivity index (χ4n) is 3.42. The van der Waals surface area contributed by atoms with Crippen molar-refractivity contribution >= 4 is 46.2 Å². The Hall–Kier alpha value is -3.42. The molecule has 0 aromatic heterocycles. The van der Waals surface area contributed by atoms with Crippen LogP contribution in [-0.2, 0) is 11.4 Å². The van der Waals surface area contributed by atoms with Gasteiger partial charge in [-0.25, -0.2) is 4.99 Å². The number of methoxy groups -OCH3 is 2. The predicted octanol–water partition coefficient (Wildman–Crippen LogP) is 6.56. The van der Waals surface area contributed by atoms with Gasteiger partial charge in [0.05, 0.1) is 24.8 Å². The number of aliphatic imine (C=N–C) groups is 1. The zero-order valence-electron chi connectivity index (χ0n) is 19.7. The van der Waals surface area contributed by atoms with Crippen molar-refractivity contribution in [3.63, 3.8) is 0 Å². The van der Waals surface area contributed by atoms with E-state index in [1.54, 1.807) is 19.1 Å². The molecule has 1 aliphatic heterocycles. The van der Waals surface area contributed by atoms with Gasteiger partial charge in [0.2, 0.25) is 0 Å². The highest BCUT2D eigenvalue weighted by Crippen LogP contribution is 2.36. The van der Waals surface area contributed by atoms with E-state index in [2.05, 4.69) is 4.99 Å². The van der Waals surface area contributed by atoms with Gasteiger partial charge < -0.3 is 14.2 Å². The number of ether oxygens (including phenoxy) is 3. The van der Waals surface area contributed by atoms with Crippen LogP contribution >= 0.6 is 23.4 Å². The van der Waals surface area contributed by atoms with Crippen LogP contribution in [-0.4, -0.2) is 36.7 Å². The molecule has 0 saturated carbocycles. The van der Waals surface area contributed by atoms with Crippen LogP contribution in [0.15, 0.2) is 76.6 Å². The summed E-state index contributed by atoms with van der Waals surface area (Å²) in [6, 6.07) is 20.5. The largest absolute Gasteiger partial charge is 0.497 e. The molecule has 0 bridgehead atoms. The minimum Gasteiger partial charge on any atom is -0.497 e. The summed E-state index contributed by atoms with van der Waals surface area (Å²) in [6.45, 7) is 2.85. The lowest BCUT2D eigenvalue weighted by molar-refractivity contribution is -0.122. The number of nitrogens with zero attached hydrogens (tertiary/aromatic N) is 2. The van der Waals surface area contributed by atoms with E-state index in [1.807, 2.05) is 79.7 Å². The van der Waals surface area contributed by atoms with E-state index < -0.39 is 0 Å². The van der Waals surface area contributed by atoms with Gasteiger partial charge in [0, 0.05) is 11.6 Å². The molecule has 1 heterocycles. The van der Waals surface area contributed by atoms with Crippen LogP contribution in [0.2, 0.25) is 5.02 Å². The number of hydrogen-bond donors (Lipinski definition) is 0. The van der Waals surface area contributed by atoms with Crippen molar-refractivity contribution in [3.8, 4) is 17.2 Å². The van der Waals surface area contributed by atoms with Gasteiger partial charge in [-0.15, -0.1) is 0 Å². The van der Waals surface area contributed by atoms with E-state index in [9.17, 15) is 4.79 Å². The first-order valence-electron chi connectivity index (χ1n) is 11.0. The van der Waals surface area contributed by atoms with Crippen molar-refractivity contribution in [1.82, 2.24) is 4.90 Å². The van der Waals surface area contributed by atoms with Crippen molar-refractivity contribution in [1.29, 1.82) is 0 Å². The van der Waals surface area contributed by atoms with E-state index in [0.29, 0.717) is 39.7 Å². The van der Waals surface area contributed by atoms with Crippen LogP contribution in [0.4, 0.5) is 5.69 Å². The molecule has 0 aliphatic carbocycles. The molecule has 8 heteroatoms. The van der Waals surface area contributed by atoms with Gasteiger partial charge in [-0.05, 0) is 84.4 Å². The molecule has 0 unspecified atom stereocenters. The Morgan fingerprint density at radius 1 is 0.971 bits per heavy atom. The van der Waals surface area contributed by atoms with E-state index in [1.165, 1.54) is 11.8 Å². The number of hydrogen-bond acceptors (Lipinski definition) is 6. The molecule has 3 aromatic rings. The van der Waals surface area contributed by atoms with Gasteiger partial charge in [0.25, 0.3) is 5.91 Å². The third kappa shape index (κ3) is 5.99. The van der Waals surface area contributed by atoms with Crippen LogP contribution < -0.4 is 14.2 Å². The van der Waals surface area contributed by atoms with Crippen molar-refractivity contribution in [2.75, 3.05) is 20.8 Å². The fourth-order valence-corrected chi connectivity index (χ4v) is 4.61. The first-order chi connectivity index (χ1) is 17.0. The van der Waals surface area contributed by atoms with E-state index in [-0.39, 0.29) is 5.91 Å². The number of carbonyl (C=O) groups excluding carboxylic acids is 1. The molecule has 0 N–H and O–H groups in total. The first kappa shape index (κ1) is 24.7. The Morgan fingerprint density at radius 2 is 1.71 bits per heavy atom. The van der Waals surface area contributed by atoms with Crippen LogP contribution in [0.25, 0.3) is 6.08 Å². The smallest absolute Gasteiger partial charge is 0.266 e. The zero-order valence-corrected chi connectivity index (χ0v) is 21.2. The Balaban J connectivity index is 1.52. The third-order valence-corrected chi connectivity index (χ3v) is 6.55. The molecule has 35 heavy (non-hydrogen) atoms. The lowest BCUT2D eigenvalue weighted by atomic mass is 10.1. The number of benzene rings is 3. The maximum Gasteiger partial charge on any atom is 0.266 e. The zero-order chi connectivity index (χ0) is 24.8. The predicted molar refractivity (Wildman–Crippen MR) is 142 cm³/mol. The summed E-state index contributed by atoms with van der Waals surface area (Å²) in [5.41, 5.74) is 2.59. The summed E-state index contributed by atoms with van der Waals surface area (Å²) in [5.74, 6) is 1.88. The van der Waals surface area contributed by atoms with Crippen LogP contribution in [0.3, 0.4) is 0 Å². The Morgan fingerprint density at radius 3 is 2.37 bits per heavy atom. The van der Waals surface area contributed by atoms with Gasteiger partial charge >= 0.3 is 0 Å². The fraction of sp³-hybridized carbons (Fsp3) is 0.185. The number of carbonyl (C=O) groups is 1. The molecule has 0 atom stereocenters. The molecular formula is C27H25ClN2O4S. The maximum absolute atomic E-state index is 13.0. The van der Waals surface area contributed by atoms with Crippen LogP contribution in [0.5, 0.6) is 17.2 Å². The number of likely N-dealkylation sites (N-methyl/N-ethyl adjacent to an activating group) is 1. The molecule has 4 rings (SSSR count). The first-order valence-corrected chi connectivity index (χ1v) is 12.2. The van der Waals surface area contributed by atoms with Gasteiger partial charge in [-0.1, -0.05) is 29.8 Å². The minimum atomic E-state index is -0.0770. The molecular weight excluding hydrogens is 484 g/mol. The standard InChI is InChI=1S/C27H25ClN2O4S/c1-4-30-26(31)25(35-27(30)29-21-10-12-22(32-2)13-11-21)16-19-7-14-23(24(15-19)33-3)34-17-18-5-8-20(28)9-6-18/h5-16H,4,17H2,1-3H3/b25-16+,29-27?. The molecule has 1 saturated heterocycles. The SMILES string of the molecule is CCN1C(=O)/C(=C\c2ccc(OCc3ccc(Cl)cc3)c(OC)c2)SC1=Nc1ccc(OC)cc1. The molecule has 0 spiro atoms. The number of halogens is 1. The van der Waals surface area contributed by atoms with Gasteiger partial charge in [0.1, 0.15) is 12.4 Å². The van der Waals surface area contributed by atoms with Crippen molar-refractivity contribution < 1.29 is 19.0 Å². The molecule has 1 aliphatic rings. The Labute approximate surface area is 214 Å². The highest BCUT2D eigenvalue weighted by molar-refractivity contribution is 8.18. The molecule has 0 radical (unpaired) electrons.